The lowest BCUT2D eigenvalue weighted by Crippen LogP contribution is -2.33. The Kier molecular flexibility index (Phi) is 4.44. The van der Waals surface area contributed by atoms with Crippen molar-refractivity contribution < 1.29 is 9.90 Å². The van der Waals surface area contributed by atoms with Crippen LogP contribution in [0.3, 0.4) is 0 Å². The number of thiophene rings is 1. The SMILES string of the molecule is CC(C)C1CCC(C(=O)O)C(Cc2cccs2)C1. The molecule has 1 N–H and O–H groups in total. The Labute approximate surface area is 113 Å². The summed E-state index contributed by atoms with van der Waals surface area (Å²) in [5.74, 6) is 0.958. The summed E-state index contributed by atoms with van der Waals surface area (Å²) in [5, 5.41) is 11.4. The summed E-state index contributed by atoms with van der Waals surface area (Å²) in [6.07, 6.45) is 3.95. The molecule has 1 aliphatic carbocycles. The van der Waals surface area contributed by atoms with Crippen molar-refractivity contribution in [3.8, 4) is 0 Å². The van der Waals surface area contributed by atoms with Crippen LogP contribution >= 0.6 is 11.3 Å². The number of hydrogen-bond donors (Lipinski definition) is 1. The van der Waals surface area contributed by atoms with Crippen molar-refractivity contribution in [3.63, 3.8) is 0 Å². The molecule has 1 heterocycles. The molecule has 3 heteroatoms. The molecule has 0 spiro atoms. The first-order valence-electron chi connectivity index (χ1n) is 6.83. The summed E-state index contributed by atoms with van der Waals surface area (Å²) < 4.78 is 0. The van der Waals surface area contributed by atoms with Crippen molar-refractivity contribution in [2.45, 2.75) is 39.5 Å². The fourth-order valence-electron chi connectivity index (χ4n) is 3.14. The molecule has 18 heavy (non-hydrogen) atoms. The lowest BCUT2D eigenvalue weighted by molar-refractivity contribution is -0.145. The van der Waals surface area contributed by atoms with E-state index in [1.165, 1.54) is 4.88 Å². The van der Waals surface area contributed by atoms with Crippen molar-refractivity contribution in [2.24, 2.45) is 23.7 Å². The molecule has 2 nitrogen and oxygen atoms in total. The zero-order valence-electron chi connectivity index (χ0n) is 11.1. The maximum Gasteiger partial charge on any atom is 0.306 e. The standard InChI is InChI=1S/C15H22O2S/c1-10(2)11-5-6-14(15(16)17)12(8-11)9-13-4-3-7-18-13/h3-4,7,10-12,14H,5-6,8-9H2,1-2H3,(H,16,17). The normalized spacial score (nSPS) is 28.5. The van der Waals surface area contributed by atoms with E-state index in [1.807, 2.05) is 0 Å². The zero-order valence-corrected chi connectivity index (χ0v) is 12.0. The van der Waals surface area contributed by atoms with E-state index in [0.29, 0.717) is 17.8 Å². The highest BCUT2D eigenvalue weighted by Crippen LogP contribution is 2.39. The molecule has 1 saturated carbocycles. The predicted molar refractivity (Wildman–Crippen MR) is 74.8 cm³/mol. The molecule has 0 radical (unpaired) electrons. The Morgan fingerprint density at radius 2 is 2.28 bits per heavy atom. The van der Waals surface area contributed by atoms with Gasteiger partial charge in [0.25, 0.3) is 0 Å². The summed E-state index contributed by atoms with van der Waals surface area (Å²) in [7, 11) is 0. The molecule has 100 valence electrons. The van der Waals surface area contributed by atoms with Crippen molar-refractivity contribution in [3.05, 3.63) is 22.4 Å². The average molecular weight is 266 g/mol. The number of rotatable bonds is 4. The van der Waals surface area contributed by atoms with E-state index in [0.717, 1.165) is 25.7 Å². The minimum Gasteiger partial charge on any atom is -0.481 e. The number of carboxylic acid groups (broad SMARTS) is 1. The van der Waals surface area contributed by atoms with Gasteiger partial charge in [-0.25, -0.2) is 0 Å². The van der Waals surface area contributed by atoms with Gasteiger partial charge in [0.2, 0.25) is 0 Å². The average Bonchev–Trinajstić information content (AvgIpc) is 2.81. The smallest absolute Gasteiger partial charge is 0.306 e. The Morgan fingerprint density at radius 1 is 1.50 bits per heavy atom. The highest BCUT2D eigenvalue weighted by Gasteiger charge is 2.35. The van der Waals surface area contributed by atoms with Crippen LogP contribution in [0.5, 0.6) is 0 Å². The lowest BCUT2D eigenvalue weighted by atomic mass is 9.69. The van der Waals surface area contributed by atoms with Crippen molar-refractivity contribution in [2.75, 3.05) is 0 Å². The van der Waals surface area contributed by atoms with Crippen LogP contribution in [0, 0.1) is 23.7 Å². The number of aliphatic carboxylic acids is 1. The first-order valence-corrected chi connectivity index (χ1v) is 7.71. The minimum atomic E-state index is -0.598. The van der Waals surface area contributed by atoms with Crippen LogP contribution in [-0.2, 0) is 11.2 Å². The molecule has 1 fully saturated rings. The summed E-state index contributed by atoms with van der Waals surface area (Å²) in [6, 6.07) is 4.18. The Balaban J connectivity index is 2.07. The molecule has 0 saturated heterocycles. The Morgan fingerprint density at radius 3 is 2.83 bits per heavy atom. The fourth-order valence-corrected chi connectivity index (χ4v) is 3.94. The highest BCUT2D eigenvalue weighted by molar-refractivity contribution is 7.09. The summed E-state index contributed by atoms with van der Waals surface area (Å²) in [4.78, 5) is 12.7. The van der Waals surface area contributed by atoms with Gasteiger partial charge < -0.3 is 5.11 Å². The molecule has 0 bridgehead atoms. The molecule has 1 aromatic heterocycles. The van der Waals surface area contributed by atoms with E-state index in [1.54, 1.807) is 11.3 Å². The van der Waals surface area contributed by atoms with Gasteiger partial charge in [-0.05, 0) is 54.9 Å². The van der Waals surface area contributed by atoms with Crippen LogP contribution in [0.1, 0.15) is 38.0 Å². The summed E-state index contributed by atoms with van der Waals surface area (Å²) >= 11 is 1.75. The first kappa shape index (κ1) is 13.6. The van der Waals surface area contributed by atoms with Gasteiger partial charge in [0.1, 0.15) is 0 Å². The van der Waals surface area contributed by atoms with E-state index < -0.39 is 5.97 Å². The molecule has 0 amide bonds. The van der Waals surface area contributed by atoms with Crippen molar-refractivity contribution >= 4 is 17.3 Å². The van der Waals surface area contributed by atoms with Crippen LogP contribution in [0.2, 0.25) is 0 Å². The maximum absolute atomic E-state index is 11.4. The van der Waals surface area contributed by atoms with E-state index in [4.69, 9.17) is 0 Å². The zero-order chi connectivity index (χ0) is 13.1. The molecular formula is C15H22O2S. The van der Waals surface area contributed by atoms with Gasteiger partial charge in [-0.1, -0.05) is 19.9 Å². The third-order valence-electron chi connectivity index (χ3n) is 4.33. The monoisotopic (exact) mass is 266 g/mol. The van der Waals surface area contributed by atoms with Gasteiger partial charge in [0.05, 0.1) is 5.92 Å². The first-order chi connectivity index (χ1) is 8.58. The third kappa shape index (κ3) is 3.14. The maximum atomic E-state index is 11.4. The largest absolute Gasteiger partial charge is 0.481 e. The van der Waals surface area contributed by atoms with E-state index in [-0.39, 0.29) is 5.92 Å². The highest BCUT2D eigenvalue weighted by atomic mass is 32.1. The van der Waals surface area contributed by atoms with Gasteiger partial charge >= 0.3 is 5.97 Å². The molecule has 2 rings (SSSR count). The quantitative estimate of drug-likeness (QED) is 0.892. The van der Waals surface area contributed by atoms with Gasteiger partial charge in [-0.15, -0.1) is 11.3 Å². The molecule has 1 aliphatic rings. The fraction of sp³-hybridized carbons (Fsp3) is 0.667. The van der Waals surface area contributed by atoms with Crippen LogP contribution in [0.15, 0.2) is 17.5 Å². The summed E-state index contributed by atoms with van der Waals surface area (Å²) in [5.41, 5.74) is 0. The van der Waals surface area contributed by atoms with Crippen LogP contribution in [0.4, 0.5) is 0 Å². The second-order valence-electron chi connectivity index (χ2n) is 5.81. The molecular weight excluding hydrogens is 244 g/mol. The second-order valence-corrected chi connectivity index (χ2v) is 6.84. The van der Waals surface area contributed by atoms with Crippen LogP contribution < -0.4 is 0 Å². The van der Waals surface area contributed by atoms with E-state index >= 15 is 0 Å². The number of hydrogen-bond acceptors (Lipinski definition) is 2. The van der Waals surface area contributed by atoms with Gasteiger partial charge in [0.15, 0.2) is 0 Å². The molecule has 0 aliphatic heterocycles. The predicted octanol–water partition coefficient (Wildman–Crippen LogP) is 4.06. The Hall–Kier alpha value is -0.830. The summed E-state index contributed by atoms with van der Waals surface area (Å²) in [6.45, 7) is 4.52. The van der Waals surface area contributed by atoms with E-state index in [2.05, 4.69) is 31.4 Å². The van der Waals surface area contributed by atoms with Crippen LogP contribution in [0.25, 0.3) is 0 Å². The number of carboxylic acids is 1. The van der Waals surface area contributed by atoms with Crippen LogP contribution in [-0.4, -0.2) is 11.1 Å². The Bertz CT molecular complexity index is 383. The topological polar surface area (TPSA) is 37.3 Å². The molecule has 0 aromatic carbocycles. The minimum absolute atomic E-state index is 0.137. The molecule has 3 unspecified atom stereocenters. The number of carbonyl (C=O) groups is 1. The molecule has 1 aromatic rings. The second kappa shape index (κ2) is 5.87. The van der Waals surface area contributed by atoms with E-state index in [9.17, 15) is 9.90 Å². The van der Waals surface area contributed by atoms with Crippen molar-refractivity contribution in [1.29, 1.82) is 0 Å². The molecule has 3 atom stereocenters. The van der Waals surface area contributed by atoms with Gasteiger partial charge in [0, 0.05) is 4.88 Å². The van der Waals surface area contributed by atoms with Gasteiger partial charge in [-0.2, -0.15) is 0 Å². The van der Waals surface area contributed by atoms with Crippen molar-refractivity contribution in [1.82, 2.24) is 0 Å². The van der Waals surface area contributed by atoms with Gasteiger partial charge in [-0.3, -0.25) is 4.79 Å². The third-order valence-corrected chi connectivity index (χ3v) is 5.23. The lowest BCUT2D eigenvalue weighted by Gasteiger charge is -2.35.